The van der Waals surface area contributed by atoms with Gasteiger partial charge in [-0.3, -0.25) is 0 Å². The lowest BCUT2D eigenvalue weighted by Crippen LogP contribution is -2.40. The summed E-state index contributed by atoms with van der Waals surface area (Å²) >= 11 is 0. The minimum atomic E-state index is -3.30. The molecule has 0 saturated carbocycles. The third-order valence-corrected chi connectivity index (χ3v) is 5.65. The molecule has 1 saturated heterocycles. The van der Waals surface area contributed by atoms with Crippen LogP contribution in [0.5, 0.6) is 0 Å². The average molecular weight is 315 g/mol. The molecule has 116 valence electrons. The molecule has 1 aromatic carbocycles. The van der Waals surface area contributed by atoms with Crippen molar-refractivity contribution < 1.29 is 22.3 Å². The van der Waals surface area contributed by atoms with E-state index >= 15 is 0 Å². The number of nitrogens with one attached hydrogen (secondary N) is 1. The summed E-state index contributed by atoms with van der Waals surface area (Å²) in [7, 11) is -3.30. The van der Waals surface area contributed by atoms with E-state index in [0.29, 0.717) is 38.3 Å². The maximum Gasteiger partial charge on any atom is 0.178 e. The quantitative estimate of drug-likeness (QED) is 0.845. The van der Waals surface area contributed by atoms with Gasteiger partial charge in [0.25, 0.3) is 0 Å². The molecule has 0 amide bonds. The summed E-state index contributed by atoms with van der Waals surface area (Å²) in [5, 5.41) is 3.28. The summed E-state index contributed by atoms with van der Waals surface area (Å²) in [6.45, 7) is 2.25. The Morgan fingerprint density at radius 1 is 1.33 bits per heavy atom. The van der Waals surface area contributed by atoms with Crippen LogP contribution in [-0.4, -0.2) is 46.6 Å². The molecule has 0 spiro atoms. The molecule has 1 fully saturated rings. The summed E-state index contributed by atoms with van der Waals surface area (Å²) < 4.78 is 48.4. The van der Waals surface area contributed by atoms with Crippen molar-refractivity contribution in [2.24, 2.45) is 0 Å². The monoisotopic (exact) mass is 315 g/mol. The van der Waals surface area contributed by atoms with Crippen LogP contribution >= 0.6 is 0 Å². The Kier molecular flexibility index (Phi) is 4.26. The Morgan fingerprint density at radius 2 is 2.19 bits per heavy atom. The van der Waals surface area contributed by atoms with Gasteiger partial charge in [0.05, 0.1) is 36.6 Å². The van der Waals surface area contributed by atoms with Gasteiger partial charge in [0.15, 0.2) is 9.84 Å². The van der Waals surface area contributed by atoms with Gasteiger partial charge in [0.1, 0.15) is 5.82 Å². The number of hydrogen-bond acceptors (Lipinski definition) is 5. The van der Waals surface area contributed by atoms with Crippen LogP contribution in [0.1, 0.15) is 18.0 Å². The van der Waals surface area contributed by atoms with Crippen LogP contribution in [-0.2, 0) is 19.3 Å². The van der Waals surface area contributed by atoms with Crippen LogP contribution in [0.15, 0.2) is 23.1 Å². The number of ether oxygens (including phenoxy) is 2. The van der Waals surface area contributed by atoms with Gasteiger partial charge in [0, 0.05) is 12.6 Å². The van der Waals surface area contributed by atoms with Gasteiger partial charge < -0.3 is 14.8 Å². The van der Waals surface area contributed by atoms with Gasteiger partial charge in [-0.1, -0.05) is 0 Å². The topological polar surface area (TPSA) is 64.6 Å². The van der Waals surface area contributed by atoms with Crippen LogP contribution < -0.4 is 5.32 Å². The highest BCUT2D eigenvalue weighted by Crippen LogP contribution is 2.32. The Morgan fingerprint density at radius 3 is 2.95 bits per heavy atom. The molecule has 1 aromatic rings. The molecule has 5 nitrogen and oxygen atoms in total. The Balaban J connectivity index is 1.76. The standard InChI is InChI=1S/C14H18FNO4S/c15-10-1-2-14-12(7-10)13(3-6-21(14,17)18)16-8-11-9-19-4-5-20-11/h1-2,7,11,13,16H,3-6,8-9H2. The van der Waals surface area contributed by atoms with Gasteiger partial charge in [-0.15, -0.1) is 0 Å². The van der Waals surface area contributed by atoms with Crippen molar-refractivity contribution >= 4 is 9.84 Å². The highest BCUT2D eigenvalue weighted by molar-refractivity contribution is 7.91. The molecular formula is C14H18FNO4S. The van der Waals surface area contributed by atoms with E-state index in [1.807, 2.05) is 0 Å². The van der Waals surface area contributed by atoms with Crippen LogP contribution in [0, 0.1) is 5.82 Å². The second kappa shape index (κ2) is 6.00. The van der Waals surface area contributed by atoms with E-state index in [9.17, 15) is 12.8 Å². The predicted molar refractivity (Wildman–Crippen MR) is 74.4 cm³/mol. The zero-order valence-electron chi connectivity index (χ0n) is 11.5. The van der Waals surface area contributed by atoms with Crippen molar-refractivity contribution in [3.05, 3.63) is 29.6 Å². The molecule has 0 radical (unpaired) electrons. The van der Waals surface area contributed by atoms with Crippen molar-refractivity contribution in [3.63, 3.8) is 0 Å². The zero-order chi connectivity index (χ0) is 14.9. The van der Waals surface area contributed by atoms with E-state index in [2.05, 4.69) is 5.32 Å². The number of fused-ring (bicyclic) bond motifs is 1. The van der Waals surface area contributed by atoms with Gasteiger partial charge in [-0.2, -0.15) is 0 Å². The Labute approximate surface area is 123 Å². The first-order chi connectivity index (χ1) is 10.1. The number of halogens is 1. The summed E-state index contributed by atoms with van der Waals surface area (Å²) in [4.78, 5) is 0.230. The number of sulfone groups is 1. The lowest BCUT2D eigenvalue weighted by Gasteiger charge is -2.29. The summed E-state index contributed by atoms with van der Waals surface area (Å²) in [5.41, 5.74) is 0.512. The first-order valence-corrected chi connectivity index (χ1v) is 8.66. The molecule has 7 heteroatoms. The van der Waals surface area contributed by atoms with Gasteiger partial charge >= 0.3 is 0 Å². The molecule has 1 N–H and O–H groups in total. The highest BCUT2D eigenvalue weighted by atomic mass is 32.2. The maximum atomic E-state index is 13.4. The fourth-order valence-electron chi connectivity index (χ4n) is 2.75. The normalized spacial score (nSPS) is 28.0. The van der Waals surface area contributed by atoms with E-state index in [0.717, 1.165) is 0 Å². The van der Waals surface area contributed by atoms with Crippen molar-refractivity contribution in [3.8, 4) is 0 Å². The van der Waals surface area contributed by atoms with Crippen LogP contribution in [0.3, 0.4) is 0 Å². The molecule has 0 aromatic heterocycles. The fourth-order valence-corrected chi connectivity index (χ4v) is 4.36. The molecular weight excluding hydrogens is 297 g/mol. The second-order valence-corrected chi connectivity index (χ2v) is 7.40. The molecule has 2 aliphatic rings. The van der Waals surface area contributed by atoms with Crippen LogP contribution in [0.25, 0.3) is 0 Å². The van der Waals surface area contributed by atoms with E-state index in [1.165, 1.54) is 18.2 Å². The van der Waals surface area contributed by atoms with Crippen molar-refractivity contribution in [2.45, 2.75) is 23.5 Å². The van der Waals surface area contributed by atoms with Crippen molar-refractivity contribution in [2.75, 3.05) is 32.1 Å². The van der Waals surface area contributed by atoms with Gasteiger partial charge in [0.2, 0.25) is 0 Å². The molecule has 3 rings (SSSR count). The number of rotatable bonds is 3. The van der Waals surface area contributed by atoms with Gasteiger partial charge in [-0.25, -0.2) is 12.8 Å². The van der Waals surface area contributed by atoms with Crippen molar-refractivity contribution in [1.82, 2.24) is 5.32 Å². The summed E-state index contributed by atoms with van der Waals surface area (Å²) in [6, 6.07) is 3.68. The molecule has 2 aliphatic heterocycles. The number of benzene rings is 1. The Bertz CT molecular complexity index is 613. The molecule has 21 heavy (non-hydrogen) atoms. The first-order valence-electron chi connectivity index (χ1n) is 7.01. The SMILES string of the molecule is O=S1(=O)CCC(NCC2COCCO2)c2cc(F)ccc21. The minimum Gasteiger partial charge on any atom is -0.376 e. The third kappa shape index (κ3) is 3.26. The average Bonchev–Trinajstić information content (AvgIpc) is 2.47. The van der Waals surface area contributed by atoms with Crippen molar-refractivity contribution in [1.29, 1.82) is 0 Å². The number of hydrogen-bond donors (Lipinski definition) is 1. The maximum absolute atomic E-state index is 13.4. The molecule has 2 unspecified atom stereocenters. The van der Waals surface area contributed by atoms with E-state index in [4.69, 9.17) is 9.47 Å². The second-order valence-electron chi connectivity index (χ2n) is 5.32. The lowest BCUT2D eigenvalue weighted by molar-refractivity contribution is -0.0871. The smallest absolute Gasteiger partial charge is 0.178 e. The van der Waals surface area contributed by atoms with E-state index < -0.39 is 15.7 Å². The Hall–Kier alpha value is -1.02. The minimum absolute atomic E-state index is 0.0470. The van der Waals surface area contributed by atoms with Gasteiger partial charge in [-0.05, 0) is 30.2 Å². The largest absolute Gasteiger partial charge is 0.376 e. The molecule has 2 atom stereocenters. The first kappa shape index (κ1) is 14.9. The lowest BCUT2D eigenvalue weighted by atomic mass is 10.0. The van der Waals surface area contributed by atoms with Crippen LogP contribution in [0.4, 0.5) is 4.39 Å². The summed E-state index contributed by atoms with van der Waals surface area (Å²) in [5.74, 6) is -0.347. The van der Waals surface area contributed by atoms with Crippen LogP contribution in [0.2, 0.25) is 0 Å². The van der Waals surface area contributed by atoms with E-state index in [1.54, 1.807) is 0 Å². The highest BCUT2D eigenvalue weighted by Gasteiger charge is 2.31. The predicted octanol–water partition coefficient (Wildman–Crippen LogP) is 1.05. The molecule has 2 heterocycles. The third-order valence-electron chi connectivity index (χ3n) is 3.83. The zero-order valence-corrected chi connectivity index (χ0v) is 12.4. The van der Waals surface area contributed by atoms with E-state index in [-0.39, 0.29) is 22.8 Å². The summed E-state index contributed by atoms with van der Waals surface area (Å²) in [6.07, 6.45) is 0.390. The molecule has 0 bridgehead atoms. The molecule has 0 aliphatic carbocycles. The fraction of sp³-hybridized carbons (Fsp3) is 0.571.